The Hall–Kier alpha value is -0.690. The highest BCUT2D eigenvalue weighted by Crippen LogP contribution is 2.29. The maximum absolute atomic E-state index is 9.59. The van der Waals surface area contributed by atoms with Gasteiger partial charge in [-0.05, 0) is 6.92 Å². The summed E-state index contributed by atoms with van der Waals surface area (Å²) in [4.78, 5) is 3.76. The first-order valence-electron chi connectivity index (χ1n) is 4.00. The average Bonchev–Trinajstić information content (AvgIpc) is 2.29. The van der Waals surface area contributed by atoms with Crippen molar-refractivity contribution < 1.29 is 14.9 Å². The van der Waals surface area contributed by atoms with E-state index in [1.165, 1.54) is 0 Å². The maximum Gasteiger partial charge on any atom is 0.170 e. The van der Waals surface area contributed by atoms with E-state index in [0.29, 0.717) is 0 Å². The van der Waals surface area contributed by atoms with Crippen LogP contribution in [0.4, 0.5) is 0 Å². The molecule has 76 valence electrons. The van der Waals surface area contributed by atoms with Gasteiger partial charge < -0.3 is 26.4 Å². The molecule has 0 aliphatic carbocycles. The summed E-state index contributed by atoms with van der Waals surface area (Å²) in [6.07, 6.45) is -1.26. The first kappa shape index (κ1) is 10.4. The standard InChI is InChI=1S/C7H15N3O3/c1-7(9)5(12)4(2-11)13-6(7)10-3-8/h3-6,11-12H,2,9H2,1H3,(H2,8,10). The SMILES string of the molecule is CC1(N)C(N=CN)OC(CO)C1O. The van der Waals surface area contributed by atoms with Crippen LogP contribution in [0, 0.1) is 0 Å². The van der Waals surface area contributed by atoms with E-state index in [1.54, 1.807) is 6.92 Å². The van der Waals surface area contributed by atoms with E-state index in [2.05, 4.69) is 4.99 Å². The van der Waals surface area contributed by atoms with Gasteiger partial charge in [-0.25, -0.2) is 4.99 Å². The zero-order chi connectivity index (χ0) is 10.1. The highest BCUT2D eigenvalue weighted by molar-refractivity contribution is 5.51. The smallest absolute Gasteiger partial charge is 0.170 e. The van der Waals surface area contributed by atoms with Crippen molar-refractivity contribution >= 4 is 6.34 Å². The minimum Gasteiger partial charge on any atom is -0.394 e. The molecule has 1 aliphatic heterocycles. The molecule has 1 aliphatic rings. The van der Waals surface area contributed by atoms with Gasteiger partial charge in [-0.2, -0.15) is 0 Å². The lowest BCUT2D eigenvalue weighted by Gasteiger charge is -2.24. The molecule has 1 fully saturated rings. The first-order valence-corrected chi connectivity index (χ1v) is 4.00. The molecule has 6 N–H and O–H groups in total. The van der Waals surface area contributed by atoms with Gasteiger partial charge in [0.2, 0.25) is 0 Å². The van der Waals surface area contributed by atoms with Crippen molar-refractivity contribution in [3.05, 3.63) is 0 Å². The Balaban J connectivity index is 2.79. The van der Waals surface area contributed by atoms with Crippen LogP contribution in [-0.4, -0.2) is 47.1 Å². The minimum absolute atomic E-state index is 0.287. The largest absolute Gasteiger partial charge is 0.394 e. The predicted octanol–water partition coefficient (Wildman–Crippen LogP) is -2.23. The van der Waals surface area contributed by atoms with Gasteiger partial charge in [-0.3, -0.25) is 0 Å². The van der Waals surface area contributed by atoms with Crippen molar-refractivity contribution in [2.45, 2.75) is 30.9 Å². The molecule has 0 amide bonds. The number of aliphatic hydroxyl groups excluding tert-OH is 2. The first-order chi connectivity index (χ1) is 6.04. The number of ether oxygens (including phenoxy) is 1. The van der Waals surface area contributed by atoms with Crippen LogP contribution in [0.15, 0.2) is 4.99 Å². The van der Waals surface area contributed by atoms with Crippen LogP contribution in [0.2, 0.25) is 0 Å². The number of aliphatic hydroxyl groups is 2. The molecule has 0 spiro atoms. The van der Waals surface area contributed by atoms with Crippen LogP contribution in [-0.2, 0) is 4.74 Å². The van der Waals surface area contributed by atoms with Gasteiger partial charge in [0.05, 0.1) is 18.5 Å². The lowest BCUT2D eigenvalue weighted by atomic mass is 9.94. The Kier molecular flexibility index (Phi) is 2.87. The van der Waals surface area contributed by atoms with Gasteiger partial charge in [0, 0.05) is 0 Å². The Morgan fingerprint density at radius 2 is 2.31 bits per heavy atom. The zero-order valence-electron chi connectivity index (χ0n) is 7.42. The van der Waals surface area contributed by atoms with Crippen molar-refractivity contribution in [2.75, 3.05) is 6.61 Å². The summed E-state index contributed by atoms with van der Waals surface area (Å²) in [5.41, 5.74) is 9.84. The Morgan fingerprint density at radius 3 is 2.69 bits per heavy atom. The van der Waals surface area contributed by atoms with Gasteiger partial charge in [0.25, 0.3) is 0 Å². The number of hydrogen-bond donors (Lipinski definition) is 4. The van der Waals surface area contributed by atoms with Gasteiger partial charge in [0.1, 0.15) is 12.2 Å². The molecule has 0 bridgehead atoms. The number of nitrogens with zero attached hydrogens (tertiary/aromatic N) is 1. The molecule has 6 heteroatoms. The van der Waals surface area contributed by atoms with Crippen LogP contribution < -0.4 is 11.5 Å². The molecule has 0 saturated carbocycles. The number of nitrogens with two attached hydrogens (primary N) is 2. The molecular weight excluding hydrogens is 174 g/mol. The van der Waals surface area contributed by atoms with Crippen molar-refractivity contribution in [1.29, 1.82) is 0 Å². The number of aliphatic imine (C=N–C) groups is 1. The maximum atomic E-state index is 9.59. The monoisotopic (exact) mass is 189 g/mol. The molecule has 4 unspecified atom stereocenters. The van der Waals surface area contributed by atoms with E-state index in [9.17, 15) is 5.11 Å². The van der Waals surface area contributed by atoms with Crippen molar-refractivity contribution in [3.8, 4) is 0 Å². The fourth-order valence-corrected chi connectivity index (χ4v) is 1.35. The van der Waals surface area contributed by atoms with Crippen LogP contribution in [0.1, 0.15) is 6.92 Å². The topological polar surface area (TPSA) is 114 Å². The third kappa shape index (κ3) is 1.66. The summed E-state index contributed by atoms with van der Waals surface area (Å²) in [6, 6.07) is 0. The fraction of sp³-hybridized carbons (Fsp3) is 0.857. The lowest BCUT2D eigenvalue weighted by Crippen LogP contribution is -2.53. The summed E-state index contributed by atoms with van der Waals surface area (Å²) >= 11 is 0. The summed E-state index contributed by atoms with van der Waals surface area (Å²) in [5.74, 6) is 0. The van der Waals surface area contributed by atoms with E-state index >= 15 is 0 Å². The molecule has 1 rings (SSSR count). The predicted molar refractivity (Wildman–Crippen MR) is 47.0 cm³/mol. The second-order valence-corrected chi connectivity index (χ2v) is 3.32. The average molecular weight is 189 g/mol. The van der Waals surface area contributed by atoms with E-state index in [4.69, 9.17) is 21.3 Å². The van der Waals surface area contributed by atoms with Gasteiger partial charge in [-0.15, -0.1) is 0 Å². The van der Waals surface area contributed by atoms with Crippen LogP contribution in [0.5, 0.6) is 0 Å². The van der Waals surface area contributed by atoms with Crippen molar-refractivity contribution in [2.24, 2.45) is 16.5 Å². The van der Waals surface area contributed by atoms with Crippen molar-refractivity contribution in [1.82, 2.24) is 0 Å². The molecule has 0 aromatic rings. The molecule has 6 nitrogen and oxygen atoms in total. The Morgan fingerprint density at radius 1 is 1.69 bits per heavy atom. The zero-order valence-corrected chi connectivity index (χ0v) is 7.42. The fourth-order valence-electron chi connectivity index (χ4n) is 1.35. The third-order valence-electron chi connectivity index (χ3n) is 2.23. The van der Waals surface area contributed by atoms with Crippen LogP contribution in [0.3, 0.4) is 0 Å². The third-order valence-corrected chi connectivity index (χ3v) is 2.23. The number of hydrogen-bond acceptors (Lipinski definition) is 5. The normalized spacial score (nSPS) is 46.0. The highest BCUT2D eigenvalue weighted by atomic mass is 16.5. The molecule has 13 heavy (non-hydrogen) atoms. The second-order valence-electron chi connectivity index (χ2n) is 3.32. The van der Waals surface area contributed by atoms with Crippen LogP contribution >= 0.6 is 0 Å². The lowest BCUT2D eigenvalue weighted by molar-refractivity contribution is -0.0192. The van der Waals surface area contributed by atoms with E-state index in [-0.39, 0.29) is 6.61 Å². The molecule has 0 radical (unpaired) electrons. The molecule has 0 aromatic carbocycles. The second kappa shape index (κ2) is 3.59. The van der Waals surface area contributed by atoms with E-state index in [1.807, 2.05) is 0 Å². The summed E-state index contributed by atoms with van der Waals surface area (Å²) in [5, 5.41) is 18.4. The molecular formula is C7H15N3O3. The quantitative estimate of drug-likeness (QED) is 0.290. The Bertz CT molecular complexity index is 207. The van der Waals surface area contributed by atoms with E-state index in [0.717, 1.165) is 6.34 Å². The minimum atomic E-state index is -1.01. The summed E-state index contributed by atoms with van der Waals surface area (Å²) in [7, 11) is 0. The van der Waals surface area contributed by atoms with Gasteiger partial charge in [-0.1, -0.05) is 0 Å². The molecule has 0 aromatic heterocycles. The van der Waals surface area contributed by atoms with Crippen LogP contribution in [0.25, 0.3) is 0 Å². The molecule has 1 saturated heterocycles. The number of rotatable bonds is 2. The van der Waals surface area contributed by atoms with Gasteiger partial charge >= 0.3 is 0 Å². The highest BCUT2D eigenvalue weighted by Gasteiger charge is 2.50. The van der Waals surface area contributed by atoms with Crippen molar-refractivity contribution in [3.63, 3.8) is 0 Å². The van der Waals surface area contributed by atoms with Gasteiger partial charge in [0.15, 0.2) is 6.23 Å². The van der Waals surface area contributed by atoms with E-state index < -0.39 is 24.0 Å². The molecule has 1 heterocycles. The summed E-state index contributed by atoms with van der Waals surface area (Å²) in [6.45, 7) is 1.32. The Labute approximate surface area is 76.2 Å². The summed E-state index contributed by atoms with van der Waals surface area (Å²) < 4.78 is 5.18. The molecule has 4 atom stereocenters.